The number of hydrogen-bond acceptors (Lipinski definition) is 5. The molecule has 2 N–H and O–H groups in total. The second-order valence-corrected chi connectivity index (χ2v) is 7.28. The van der Waals surface area contributed by atoms with Gasteiger partial charge in [-0.3, -0.25) is 14.6 Å². The van der Waals surface area contributed by atoms with Crippen molar-refractivity contribution in [2.75, 3.05) is 5.75 Å². The highest BCUT2D eigenvalue weighted by molar-refractivity contribution is 7.85. The predicted molar refractivity (Wildman–Crippen MR) is 76.2 cm³/mol. The van der Waals surface area contributed by atoms with Crippen LogP contribution < -0.4 is 0 Å². The third-order valence-corrected chi connectivity index (χ3v) is 3.41. The number of aromatic amines is 1. The summed E-state index contributed by atoms with van der Waals surface area (Å²) in [6, 6.07) is 0.913. The lowest BCUT2D eigenvalue weighted by Gasteiger charge is -2.30. The summed E-state index contributed by atoms with van der Waals surface area (Å²) in [6.45, 7) is 6.77. The number of carbonyl (C=O) groups is 1. The van der Waals surface area contributed by atoms with Gasteiger partial charge in [-0.2, -0.15) is 13.5 Å². The summed E-state index contributed by atoms with van der Waals surface area (Å²) in [6.07, 6.45) is 0.865. The van der Waals surface area contributed by atoms with Crippen LogP contribution in [0.1, 0.15) is 33.4 Å². The zero-order valence-electron chi connectivity index (χ0n) is 12.5. The van der Waals surface area contributed by atoms with Crippen molar-refractivity contribution in [3.05, 3.63) is 18.0 Å². The first-order chi connectivity index (χ1) is 9.48. The van der Waals surface area contributed by atoms with Crippen LogP contribution in [0.2, 0.25) is 0 Å². The third-order valence-electron chi connectivity index (χ3n) is 2.51. The smallest absolute Gasteiger partial charge is 0.410 e. The van der Waals surface area contributed by atoms with Crippen LogP contribution in [0.15, 0.2) is 12.3 Å². The number of amides is 1. The van der Waals surface area contributed by atoms with Crippen LogP contribution in [0.4, 0.5) is 4.79 Å². The van der Waals surface area contributed by atoms with Crippen molar-refractivity contribution in [1.82, 2.24) is 15.1 Å². The van der Waals surface area contributed by atoms with E-state index >= 15 is 0 Å². The lowest BCUT2D eigenvalue weighted by molar-refractivity contribution is 0.0171. The molecular formula is C12H21N3O5S. The van der Waals surface area contributed by atoms with E-state index in [0.29, 0.717) is 5.69 Å². The van der Waals surface area contributed by atoms with Crippen LogP contribution in [0.3, 0.4) is 0 Å². The summed E-state index contributed by atoms with van der Waals surface area (Å²) < 4.78 is 36.2. The number of nitrogens with zero attached hydrogens (tertiary/aromatic N) is 2. The van der Waals surface area contributed by atoms with Gasteiger partial charge < -0.3 is 4.74 Å². The van der Waals surface area contributed by atoms with Crippen LogP contribution in [0.25, 0.3) is 0 Å². The van der Waals surface area contributed by atoms with Crippen molar-refractivity contribution in [1.29, 1.82) is 0 Å². The zero-order chi connectivity index (χ0) is 16.3. The molecule has 0 saturated heterocycles. The molecule has 9 heteroatoms. The number of hydrogen-bond donors (Lipinski definition) is 2. The number of carbonyl (C=O) groups excluding carboxylic acids is 1. The summed E-state index contributed by atoms with van der Waals surface area (Å²) in [5, 5.41) is 6.46. The van der Waals surface area contributed by atoms with Gasteiger partial charge in [0, 0.05) is 12.2 Å². The topological polar surface area (TPSA) is 113 Å². The number of ether oxygens (including phenoxy) is 1. The fourth-order valence-corrected chi connectivity index (χ4v) is 2.46. The van der Waals surface area contributed by atoms with E-state index < -0.39 is 33.6 Å². The Hall–Kier alpha value is -1.61. The van der Waals surface area contributed by atoms with E-state index in [1.807, 2.05) is 0 Å². The quantitative estimate of drug-likeness (QED) is 0.794. The summed E-state index contributed by atoms with van der Waals surface area (Å²) >= 11 is 0. The minimum atomic E-state index is -4.20. The van der Waals surface area contributed by atoms with Gasteiger partial charge in [0.05, 0.1) is 18.0 Å². The highest BCUT2D eigenvalue weighted by atomic mass is 32.2. The molecule has 0 aromatic carbocycles. The van der Waals surface area contributed by atoms with Crippen LogP contribution in [0.5, 0.6) is 0 Å². The highest BCUT2D eigenvalue weighted by Crippen LogP contribution is 2.15. The summed E-state index contributed by atoms with van der Waals surface area (Å²) in [5.41, 5.74) is -0.0794. The van der Waals surface area contributed by atoms with E-state index in [0.717, 1.165) is 0 Å². The second-order valence-electron chi connectivity index (χ2n) is 5.79. The molecular weight excluding hydrogens is 298 g/mol. The van der Waals surface area contributed by atoms with Gasteiger partial charge in [0.25, 0.3) is 10.1 Å². The zero-order valence-corrected chi connectivity index (χ0v) is 13.3. The summed E-state index contributed by atoms with van der Waals surface area (Å²) in [5.74, 6) is -0.569. The highest BCUT2D eigenvalue weighted by Gasteiger charge is 2.28. The maximum absolute atomic E-state index is 12.2. The molecule has 0 aliphatic rings. The van der Waals surface area contributed by atoms with E-state index in [2.05, 4.69) is 10.2 Å². The molecule has 1 aromatic heterocycles. The average Bonchev–Trinajstić information content (AvgIpc) is 2.72. The lowest BCUT2D eigenvalue weighted by Crippen LogP contribution is -2.44. The van der Waals surface area contributed by atoms with Gasteiger partial charge in [0.1, 0.15) is 5.60 Å². The maximum Gasteiger partial charge on any atom is 0.410 e. The Morgan fingerprint density at radius 3 is 2.57 bits per heavy atom. The van der Waals surface area contributed by atoms with Gasteiger partial charge in [0.2, 0.25) is 0 Å². The van der Waals surface area contributed by atoms with Crippen molar-refractivity contribution < 1.29 is 22.5 Å². The van der Waals surface area contributed by atoms with E-state index in [9.17, 15) is 13.2 Å². The number of nitrogens with one attached hydrogen (secondary N) is 1. The third kappa shape index (κ3) is 6.58. The first-order valence-corrected chi connectivity index (χ1v) is 8.02. The van der Waals surface area contributed by atoms with Crippen molar-refractivity contribution >= 4 is 16.2 Å². The fraction of sp³-hybridized carbons (Fsp3) is 0.667. The molecule has 0 radical (unpaired) electrons. The number of H-pyrrole nitrogens is 1. The molecule has 0 bridgehead atoms. The molecule has 0 spiro atoms. The predicted octanol–water partition coefficient (Wildman–Crippen LogP) is 1.42. The summed E-state index contributed by atoms with van der Waals surface area (Å²) in [7, 11) is -4.20. The minimum absolute atomic E-state index is 0.103. The second kappa shape index (κ2) is 6.44. The monoisotopic (exact) mass is 319 g/mol. The Kier molecular flexibility index (Phi) is 5.35. The van der Waals surface area contributed by atoms with Crippen molar-refractivity contribution in [3.63, 3.8) is 0 Å². The van der Waals surface area contributed by atoms with E-state index in [-0.39, 0.29) is 6.54 Å². The molecule has 0 fully saturated rings. The molecule has 1 atom stereocenters. The first kappa shape index (κ1) is 17.4. The van der Waals surface area contributed by atoms with E-state index in [1.165, 1.54) is 18.0 Å². The molecule has 1 unspecified atom stereocenters. The standard InChI is InChI=1S/C12H21N3O5S/c1-9(8-21(17,18)19)15(7-10-5-6-13-14-10)11(16)20-12(2,3)4/h5-6,9H,7-8H2,1-4H3,(H,13,14)(H,17,18,19). The van der Waals surface area contributed by atoms with Gasteiger partial charge in [-0.25, -0.2) is 4.79 Å². The molecule has 0 aliphatic carbocycles. The van der Waals surface area contributed by atoms with Crippen LogP contribution >= 0.6 is 0 Å². The Morgan fingerprint density at radius 1 is 1.52 bits per heavy atom. The fourth-order valence-electron chi connectivity index (χ4n) is 1.67. The molecule has 8 nitrogen and oxygen atoms in total. The lowest BCUT2D eigenvalue weighted by atomic mass is 10.2. The molecule has 1 rings (SSSR count). The summed E-state index contributed by atoms with van der Waals surface area (Å²) in [4.78, 5) is 13.4. The van der Waals surface area contributed by atoms with Gasteiger partial charge >= 0.3 is 6.09 Å². The first-order valence-electron chi connectivity index (χ1n) is 6.41. The molecule has 0 saturated carbocycles. The Bertz CT molecular complexity index is 562. The van der Waals surface area contributed by atoms with Gasteiger partial charge in [-0.15, -0.1) is 0 Å². The normalized spacial score (nSPS) is 13.8. The van der Waals surface area contributed by atoms with Crippen LogP contribution in [-0.4, -0.2) is 51.6 Å². The average molecular weight is 319 g/mol. The molecule has 21 heavy (non-hydrogen) atoms. The SMILES string of the molecule is CC(CS(=O)(=O)O)N(Cc1ccn[nH]1)C(=O)OC(C)(C)C. The van der Waals surface area contributed by atoms with Crippen LogP contribution in [-0.2, 0) is 21.4 Å². The van der Waals surface area contributed by atoms with Crippen molar-refractivity contribution in [3.8, 4) is 0 Å². The van der Waals surface area contributed by atoms with Crippen molar-refractivity contribution in [2.45, 2.75) is 45.9 Å². The van der Waals surface area contributed by atoms with Gasteiger partial charge in [0.15, 0.2) is 0 Å². The molecule has 1 heterocycles. The van der Waals surface area contributed by atoms with Gasteiger partial charge in [-0.1, -0.05) is 0 Å². The van der Waals surface area contributed by atoms with Gasteiger partial charge in [-0.05, 0) is 33.8 Å². The Labute approximate surface area is 124 Å². The largest absolute Gasteiger partial charge is 0.444 e. The van der Waals surface area contributed by atoms with E-state index in [4.69, 9.17) is 9.29 Å². The molecule has 120 valence electrons. The van der Waals surface area contributed by atoms with Crippen LogP contribution in [0, 0.1) is 0 Å². The maximum atomic E-state index is 12.2. The Morgan fingerprint density at radius 2 is 2.14 bits per heavy atom. The molecule has 1 aromatic rings. The molecule has 0 aliphatic heterocycles. The van der Waals surface area contributed by atoms with E-state index in [1.54, 1.807) is 26.8 Å². The number of rotatable bonds is 5. The Balaban J connectivity index is 2.91. The molecule has 1 amide bonds. The van der Waals surface area contributed by atoms with Crippen molar-refractivity contribution in [2.24, 2.45) is 0 Å². The number of aromatic nitrogens is 2. The minimum Gasteiger partial charge on any atom is -0.444 e.